The molecule has 4 N–H and O–H groups in total. The molecule has 0 heterocycles. The maximum atomic E-state index is 9.00. The molecule has 0 aliphatic rings. The molecule has 0 aliphatic heterocycles. The molecule has 0 spiro atoms. The SMILES string of the molecule is CC(=O)O.N.[CH3][Hg].[CH3][Hg]. The van der Waals surface area contributed by atoms with Crippen LogP contribution >= 0.6 is 0 Å². The summed E-state index contributed by atoms with van der Waals surface area (Å²) in [4.78, 5) is 9.00. The van der Waals surface area contributed by atoms with Gasteiger partial charge in [0.1, 0.15) is 0 Å². The third kappa shape index (κ3) is 293. The number of hydrogen-bond donors (Lipinski definition) is 2. The summed E-state index contributed by atoms with van der Waals surface area (Å²) in [6.07, 6.45) is 0. The van der Waals surface area contributed by atoms with Crippen molar-refractivity contribution < 1.29 is 62.1 Å². The van der Waals surface area contributed by atoms with E-state index in [0.29, 0.717) is 0 Å². The van der Waals surface area contributed by atoms with Crippen LogP contribution < -0.4 is 6.15 Å². The Morgan fingerprint density at radius 2 is 1.22 bits per heavy atom. The third-order valence-corrected chi connectivity index (χ3v) is 0. The van der Waals surface area contributed by atoms with Crippen LogP contribution in [0.4, 0.5) is 0 Å². The van der Waals surface area contributed by atoms with E-state index in [0.717, 1.165) is 59.2 Å². The Morgan fingerprint density at radius 3 is 1.22 bits per heavy atom. The molecular formula is C4H13Hg2NO2. The zero-order chi connectivity index (χ0) is 7.58. The minimum absolute atomic E-state index is 0. The second-order valence-corrected chi connectivity index (χ2v) is 0.519. The summed E-state index contributed by atoms with van der Waals surface area (Å²) < 4.78 is 4.39. The van der Waals surface area contributed by atoms with Crippen molar-refractivity contribution in [1.82, 2.24) is 6.15 Å². The van der Waals surface area contributed by atoms with Gasteiger partial charge in [-0.05, 0) is 0 Å². The van der Waals surface area contributed by atoms with Crippen LogP contribution in [0.1, 0.15) is 6.92 Å². The number of hydrogen-bond acceptors (Lipinski definition) is 2. The maximum absolute atomic E-state index is 9.00. The molecule has 0 radical (unpaired) electrons. The molecule has 0 aromatic carbocycles. The van der Waals surface area contributed by atoms with E-state index >= 15 is 0 Å². The fourth-order valence-corrected chi connectivity index (χ4v) is 0. The normalized spacial score (nSPS) is 4.33. The van der Waals surface area contributed by atoms with Crippen molar-refractivity contribution in [3.8, 4) is 0 Å². The van der Waals surface area contributed by atoms with E-state index < -0.39 is 5.97 Å². The summed E-state index contributed by atoms with van der Waals surface area (Å²) in [7, 11) is 0. The van der Waals surface area contributed by atoms with Gasteiger partial charge in [-0.2, -0.15) is 0 Å². The van der Waals surface area contributed by atoms with Crippen molar-refractivity contribution in [3.05, 3.63) is 0 Å². The Bertz CT molecular complexity index is 39.5. The van der Waals surface area contributed by atoms with E-state index in [-0.39, 0.29) is 6.15 Å². The fourth-order valence-electron chi connectivity index (χ4n) is 0. The van der Waals surface area contributed by atoms with Crippen molar-refractivity contribution >= 4 is 5.97 Å². The van der Waals surface area contributed by atoms with Gasteiger partial charge in [0, 0.05) is 6.92 Å². The van der Waals surface area contributed by atoms with Crippen LogP contribution in [-0.2, 0) is 57.0 Å². The Balaban J connectivity index is -0.0000000221. The molecule has 0 aromatic heterocycles. The monoisotopic (exact) mass is 511 g/mol. The van der Waals surface area contributed by atoms with E-state index in [1.165, 1.54) is 0 Å². The summed E-state index contributed by atoms with van der Waals surface area (Å²) in [5, 5.41) is 7.42. The van der Waals surface area contributed by atoms with E-state index in [1.807, 2.05) is 0 Å². The quantitative estimate of drug-likeness (QED) is 0.487. The standard InChI is InChI=1S/C2H4O2.2CH3.2Hg.H3N/c1-2(3)4;;;;;/h1H3,(H,3,4);2*1H3;;;1H3. The van der Waals surface area contributed by atoms with E-state index in [9.17, 15) is 0 Å². The Labute approximate surface area is 89.1 Å². The predicted molar refractivity (Wildman–Crippen MR) is 30.1 cm³/mol. The molecule has 0 aliphatic carbocycles. The molecule has 0 saturated carbocycles. The predicted octanol–water partition coefficient (Wildman–Crippen LogP) is 1.42. The summed E-state index contributed by atoms with van der Waals surface area (Å²) in [5.41, 5.74) is 0. The van der Waals surface area contributed by atoms with Crippen molar-refractivity contribution in [3.63, 3.8) is 0 Å². The van der Waals surface area contributed by atoms with Crippen molar-refractivity contribution in [1.29, 1.82) is 0 Å². The molecule has 0 unspecified atom stereocenters. The zero-order valence-corrected chi connectivity index (χ0v) is 17.5. The van der Waals surface area contributed by atoms with Crippen LogP contribution in [0.15, 0.2) is 0 Å². The summed E-state index contributed by atoms with van der Waals surface area (Å²) in [5.74, 6) is -0.833. The molecule has 0 fully saturated rings. The van der Waals surface area contributed by atoms with Crippen molar-refractivity contribution in [2.45, 2.75) is 15.8 Å². The Morgan fingerprint density at radius 1 is 1.22 bits per heavy atom. The number of aliphatic carboxylic acids is 1. The van der Waals surface area contributed by atoms with Crippen LogP contribution in [0.5, 0.6) is 0 Å². The Hall–Kier alpha value is 1.30. The van der Waals surface area contributed by atoms with Gasteiger partial charge in [-0.25, -0.2) is 0 Å². The first kappa shape index (κ1) is 22.4. The second-order valence-electron chi connectivity index (χ2n) is 0.519. The van der Waals surface area contributed by atoms with Gasteiger partial charge >= 0.3 is 61.1 Å². The summed E-state index contributed by atoms with van der Waals surface area (Å²) >= 11 is 2.06. The Kier molecular flexibility index (Phi) is 86.4. The summed E-state index contributed by atoms with van der Waals surface area (Å²) in [6.45, 7) is 1.08. The first-order valence-corrected chi connectivity index (χ1v) is 13.3. The molecular weight excluding hydrogens is 495 g/mol. The molecule has 0 amide bonds. The number of carboxylic acid groups (broad SMARTS) is 1. The topological polar surface area (TPSA) is 72.3 Å². The van der Waals surface area contributed by atoms with E-state index in [1.54, 1.807) is 0 Å². The summed E-state index contributed by atoms with van der Waals surface area (Å²) in [6, 6.07) is 0. The molecule has 9 heavy (non-hydrogen) atoms. The van der Waals surface area contributed by atoms with Gasteiger partial charge in [0.2, 0.25) is 0 Å². The molecule has 0 atom stereocenters. The fraction of sp³-hybridized carbons (Fsp3) is 0.750. The molecule has 0 aromatic rings. The van der Waals surface area contributed by atoms with Crippen molar-refractivity contribution in [2.75, 3.05) is 0 Å². The first-order chi connectivity index (χ1) is 3.73. The second kappa shape index (κ2) is 34.6. The van der Waals surface area contributed by atoms with Gasteiger partial charge in [0.05, 0.1) is 0 Å². The van der Waals surface area contributed by atoms with Crippen LogP contribution in [0.25, 0.3) is 0 Å². The minimum atomic E-state index is -0.833. The third-order valence-electron chi connectivity index (χ3n) is 0. The molecule has 3 nitrogen and oxygen atoms in total. The van der Waals surface area contributed by atoms with Gasteiger partial charge < -0.3 is 11.3 Å². The van der Waals surface area contributed by atoms with Crippen LogP contribution in [0.2, 0.25) is 8.86 Å². The number of rotatable bonds is 0. The average Bonchev–Trinajstić information content (AvgIpc) is 1.75. The van der Waals surface area contributed by atoms with Crippen LogP contribution in [-0.4, -0.2) is 11.1 Å². The molecule has 50 valence electrons. The molecule has 0 rings (SSSR count). The molecule has 0 bridgehead atoms. The average molecular weight is 508 g/mol. The van der Waals surface area contributed by atoms with Gasteiger partial charge in [0.25, 0.3) is 5.97 Å². The number of carbonyl (C=O) groups is 1. The van der Waals surface area contributed by atoms with Gasteiger partial charge in [0.15, 0.2) is 0 Å². The van der Waals surface area contributed by atoms with Gasteiger partial charge in [-0.3, -0.25) is 4.79 Å². The number of carboxylic acids is 1. The first-order valence-electron chi connectivity index (χ1n) is 2.34. The van der Waals surface area contributed by atoms with Gasteiger partial charge in [-0.15, -0.1) is 0 Å². The molecule has 0 saturated heterocycles. The van der Waals surface area contributed by atoms with Gasteiger partial charge in [-0.1, -0.05) is 0 Å². The van der Waals surface area contributed by atoms with Crippen LogP contribution in [0.3, 0.4) is 0 Å². The van der Waals surface area contributed by atoms with E-state index in [2.05, 4.69) is 8.86 Å². The molecule has 5 heteroatoms. The van der Waals surface area contributed by atoms with Crippen LogP contribution in [0, 0.1) is 0 Å². The zero-order valence-electron chi connectivity index (χ0n) is 6.48. The van der Waals surface area contributed by atoms with E-state index in [4.69, 9.17) is 9.90 Å². The van der Waals surface area contributed by atoms with Crippen molar-refractivity contribution in [2.24, 2.45) is 0 Å².